The first-order chi connectivity index (χ1) is 9.20. The Bertz CT molecular complexity index is 327. The van der Waals surface area contributed by atoms with Crippen molar-refractivity contribution in [3.05, 3.63) is 0 Å². The van der Waals surface area contributed by atoms with E-state index in [0.29, 0.717) is 0 Å². The van der Waals surface area contributed by atoms with Crippen molar-refractivity contribution in [1.29, 1.82) is 0 Å². The van der Waals surface area contributed by atoms with E-state index >= 15 is 0 Å². The van der Waals surface area contributed by atoms with Gasteiger partial charge in [-0.2, -0.15) is 0 Å². The SMILES string of the molecule is O=C(O)CN(CCN(CC(=O)O)CC(=O)O)CC(=O)O.[Ca].[K]. The van der Waals surface area contributed by atoms with Gasteiger partial charge < -0.3 is 20.4 Å². The van der Waals surface area contributed by atoms with Crippen molar-refractivity contribution < 1.29 is 39.6 Å². The second-order valence-electron chi connectivity index (χ2n) is 4.00. The number of rotatable bonds is 11. The van der Waals surface area contributed by atoms with Crippen molar-refractivity contribution in [1.82, 2.24) is 9.80 Å². The molecule has 0 heterocycles. The zero-order chi connectivity index (χ0) is 15.7. The van der Waals surface area contributed by atoms with Gasteiger partial charge in [-0.15, -0.1) is 0 Å². The van der Waals surface area contributed by atoms with E-state index in [-0.39, 0.29) is 102 Å². The number of carboxylic acid groups (broad SMARTS) is 4. The number of hydrogen-bond donors (Lipinski definition) is 4. The van der Waals surface area contributed by atoms with Gasteiger partial charge in [-0.05, 0) is 0 Å². The molecular formula is C10H16CaKN2O8. The molecular weight excluding hydrogens is 355 g/mol. The fraction of sp³-hybridized carbons (Fsp3) is 0.600. The third kappa shape index (κ3) is 17.1. The molecule has 0 rings (SSSR count). The molecule has 0 aliphatic rings. The molecule has 0 aromatic heterocycles. The number of nitrogens with zero attached hydrogens (tertiary/aromatic N) is 2. The van der Waals surface area contributed by atoms with Gasteiger partial charge in [0.05, 0.1) is 26.2 Å². The zero-order valence-corrected chi connectivity index (χ0v) is 17.6. The standard InChI is InChI=1S/C10H16N2O8.Ca.K/c13-7(14)3-11(4-8(15)16)1-2-12(5-9(17)18)6-10(19)20;;/h1-6H2,(H,13,14)(H,15,16)(H,17,18)(H,19,20);;. The molecule has 10 nitrogen and oxygen atoms in total. The Morgan fingerprint density at radius 2 is 0.773 bits per heavy atom. The summed E-state index contributed by atoms with van der Waals surface area (Å²) in [7, 11) is 0. The summed E-state index contributed by atoms with van der Waals surface area (Å²) in [5.74, 6) is -4.91. The van der Waals surface area contributed by atoms with Crippen molar-refractivity contribution in [2.24, 2.45) is 0 Å². The van der Waals surface area contributed by atoms with Crippen LogP contribution in [0.2, 0.25) is 0 Å². The summed E-state index contributed by atoms with van der Waals surface area (Å²) in [5.41, 5.74) is 0. The van der Waals surface area contributed by atoms with Gasteiger partial charge in [0.2, 0.25) is 0 Å². The Morgan fingerprint density at radius 3 is 0.909 bits per heavy atom. The number of carbonyl (C=O) groups is 4. The Balaban J connectivity index is -0.00000180. The molecule has 0 amide bonds. The normalized spacial score (nSPS) is 9.73. The van der Waals surface area contributed by atoms with Crippen LogP contribution in [0, 0.1) is 0 Å². The van der Waals surface area contributed by atoms with Crippen molar-refractivity contribution in [2.75, 3.05) is 39.3 Å². The summed E-state index contributed by atoms with van der Waals surface area (Å²) < 4.78 is 0. The minimum atomic E-state index is -1.23. The van der Waals surface area contributed by atoms with Crippen molar-refractivity contribution in [3.63, 3.8) is 0 Å². The van der Waals surface area contributed by atoms with Crippen LogP contribution >= 0.6 is 0 Å². The third-order valence-corrected chi connectivity index (χ3v) is 2.17. The van der Waals surface area contributed by atoms with Crippen molar-refractivity contribution >= 4 is 113 Å². The summed E-state index contributed by atoms with van der Waals surface area (Å²) in [6, 6.07) is 0. The van der Waals surface area contributed by atoms with E-state index in [9.17, 15) is 19.2 Å². The molecule has 0 aromatic rings. The maximum atomic E-state index is 10.6. The molecule has 0 atom stereocenters. The van der Waals surface area contributed by atoms with Crippen molar-refractivity contribution in [2.45, 2.75) is 0 Å². The Hall–Kier alpha value is 0.696. The van der Waals surface area contributed by atoms with Gasteiger partial charge in [0.1, 0.15) is 0 Å². The Kier molecular flexibility index (Phi) is 19.1. The van der Waals surface area contributed by atoms with E-state index in [1.54, 1.807) is 0 Å². The smallest absolute Gasteiger partial charge is 0.317 e. The van der Waals surface area contributed by atoms with Crippen LogP contribution in [0.15, 0.2) is 0 Å². The second-order valence-corrected chi connectivity index (χ2v) is 4.00. The van der Waals surface area contributed by atoms with Gasteiger partial charge in [0.15, 0.2) is 0 Å². The first-order valence-corrected chi connectivity index (χ1v) is 5.52. The molecule has 12 heteroatoms. The van der Waals surface area contributed by atoms with Gasteiger partial charge in [-0.25, -0.2) is 0 Å². The summed E-state index contributed by atoms with van der Waals surface area (Å²) >= 11 is 0. The minimum Gasteiger partial charge on any atom is -0.480 e. The Morgan fingerprint density at radius 1 is 0.591 bits per heavy atom. The van der Waals surface area contributed by atoms with Crippen LogP contribution in [0.25, 0.3) is 0 Å². The summed E-state index contributed by atoms with van der Waals surface area (Å²) in [6.45, 7) is -2.25. The zero-order valence-electron chi connectivity index (χ0n) is 12.3. The molecule has 0 saturated heterocycles. The topological polar surface area (TPSA) is 156 Å². The van der Waals surface area contributed by atoms with Crippen LogP contribution in [0.1, 0.15) is 0 Å². The number of aliphatic carboxylic acids is 4. The third-order valence-electron chi connectivity index (χ3n) is 2.17. The minimum absolute atomic E-state index is 0. The van der Waals surface area contributed by atoms with Crippen molar-refractivity contribution in [3.8, 4) is 0 Å². The molecule has 0 bridgehead atoms. The number of carboxylic acids is 4. The van der Waals surface area contributed by atoms with Crippen LogP contribution < -0.4 is 0 Å². The fourth-order valence-electron chi connectivity index (χ4n) is 1.48. The summed E-state index contributed by atoms with van der Waals surface area (Å²) in [6.07, 6.45) is 0. The van der Waals surface area contributed by atoms with E-state index in [1.165, 1.54) is 0 Å². The van der Waals surface area contributed by atoms with E-state index in [4.69, 9.17) is 20.4 Å². The fourth-order valence-corrected chi connectivity index (χ4v) is 1.48. The molecule has 0 aliphatic carbocycles. The molecule has 0 aliphatic heterocycles. The average molecular weight is 371 g/mol. The van der Waals surface area contributed by atoms with Gasteiger partial charge in [-0.1, -0.05) is 0 Å². The second kappa shape index (κ2) is 15.2. The van der Waals surface area contributed by atoms with Gasteiger partial charge in [-0.3, -0.25) is 29.0 Å². The van der Waals surface area contributed by atoms with Crippen LogP contribution in [0.5, 0.6) is 0 Å². The average Bonchev–Trinajstić information content (AvgIpc) is 2.22. The molecule has 117 valence electrons. The Labute approximate surface area is 198 Å². The van der Waals surface area contributed by atoms with Gasteiger partial charge >= 0.3 is 23.9 Å². The maximum absolute atomic E-state index is 10.6. The molecule has 3 radical (unpaired) electrons. The van der Waals surface area contributed by atoms with Crippen LogP contribution in [-0.2, 0) is 19.2 Å². The molecule has 4 N–H and O–H groups in total. The predicted molar refractivity (Wildman–Crippen MR) is 74.9 cm³/mol. The number of hydrogen-bond acceptors (Lipinski definition) is 6. The largest absolute Gasteiger partial charge is 0.480 e. The van der Waals surface area contributed by atoms with Crippen LogP contribution in [0.3, 0.4) is 0 Å². The van der Waals surface area contributed by atoms with E-state index in [0.717, 1.165) is 9.80 Å². The molecule has 22 heavy (non-hydrogen) atoms. The van der Waals surface area contributed by atoms with Gasteiger partial charge in [0, 0.05) is 102 Å². The monoisotopic (exact) mass is 371 g/mol. The van der Waals surface area contributed by atoms with E-state index in [1.807, 2.05) is 0 Å². The first-order valence-electron chi connectivity index (χ1n) is 5.52. The first kappa shape index (κ1) is 27.5. The molecule has 0 spiro atoms. The van der Waals surface area contributed by atoms with Crippen LogP contribution in [-0.4, -0.2) is 182 Å². The van der Waals surface area contributed by atoms with E-state index in [2.05, 4.69) is 0 Å². The molecule has 0 fully saturated rings. The molecule has 0 saturated carbocycles. The summed E-state index contributed by atoms with van der Waals surface area (Å²) in [5, 5.41) is 34.5. The van der Waals surface area contributed by atoms with E-state index < -0.39 is 50.1 Å². The quantitative estimate of drug-likeness (QED) is 0.279. The molecule has 0 unspecified atom stereocenters. The molecule has 0 aromatic carbocycles. The van der Waals surface area contributed by atoms with Gasteiger partial charge in [0.25, 0.3) is 0 Å². The maximum Gasteiger partial charge on any atom is 0.317 e. The van der Waals surface area contributed by atoms with Crippen LogP contribution in [0.4, 0.5) is 0 Å². The summed E-state index contributed by atoms with van der Waals surface area (Å²) in [4.78, 5) is 44.4. The predicted octanol–water partition coefficient (Wildman–Crippen LogP) is -2.83.